The van der Waals surface area contributed by atoms with Crippen LogP contribution >= 0.6 is 0 Å². The molecule has 1 fully saturated rings. The summed E-state index contributed by atoms with van der Waals surface area (Å²) in [5.74, 6) is 0. The molecule has 1 saturated heterocycles. The lowest BCUT2D eigenvalue weighted by molar-refractivity contribution is -0.133. The first-order valence-corrected chi connectivity index (χ1v) is 6.50. The van der Waals surface area contributed by atoms with E-state index in [9.17, 15) is 13.2 Å². The summed E-state index contributed by atoms with van der Waals surface area (Å²) in [4.78, 5) is 6.21. The smallest absolute Gasteiger partial charge is 0.371 e. The van der Waals surface area contributed by atoms with Crippen molar-refractivity contribution in [2.45, 2.75) is 31.5 Å². The Morgan fingerprint density at radius 2 is 1.84 bits per heavy atom. The van der Waals surface area contributed by atoms with Crippen molar-refractivity contribution in [1.82, 2.24) is 10.3 Å². The molecule has 0 radical (unpaired) electrons. The third kappa shape index (κ3) is 4.70. The van der Waals surface area contributed by atoms with Gasteiger partial charge in [0.15, 0.2) is 0 Å². The summed E-state index contributed by atoms with van der Waals surface area (Å²) in [5, 5.41) is 2.99. The second-order valence-corrected chi connectivity index (χ2v) is 4.79. The number of nitrogens with one attached hydrogen (secondary N) is 1. The van der Waals surface area contributed by atoms with E-state index < -0.39 is 12.6 Å². The molecule has 2 heterocycles. The molecule has 1 aromatic rings. The molecule has 3 nitrogen and oxygen atoms in total. The van der Waals surface area contributed by atoms with Crippen LogP contribution in [0, 0.1) is 0 Å². The van der Waals surface area contributed by atoms with E-state index in [-0.39, 0.29) is 12.6 Å². The number of halogens is 3. The minimum Gasteiger partial charge on any atom is -0.371 e. The zero-order chi connectivity index (χ0) is 13.7. The molecule has 0 unspecified atom stereocenters. The van der Waals surface area contributed by atoms with Crippen molar-refractivity contribution >= 4 is 5.69 Å². The van der Waals surface area contributed by atoms with Gasteiger partial charge in [-0.3, -0.25) is 4.98 Å². The van der Waals surface area contributed by atoms with E-state index in [0.29, 0.717) is 0 Å². The number of anilines is 1. The maximum Gasteiger partial charge on any atom is 0.390 e. The molecule has 1 aliphatic heterocycles. The summed E-state index contributed by atoms with van der Waals surface area (Å²) < 4.78 is 36.1. The number of hydrogen-bond acceptors (Lipinski definition) is 3. The van der Waals surface area contributed by atoms with Crippen LogP contribution in [0.2, 0.25) is 0 Å². The van der Waals surface area contributed by atoms with Crippen molar-refractivity contribution in [1.29, 1.82) is 0 Å². The van der Waals surface area contributed by atoms with Gasteiger partial charge in [0.25, 0.3) is 0 Å². The zero-order valence-electron chi connectivity index (χ0n) is 10.7. The number of aromatic nitrogens is 1. The Hall–Kier alpha value is -1.30. The van der Waals surface area contributed by atoms with Crippen LogP contribution in [-0.2, 0) is 0 Å². The highest BCUT2D eigenvalue weighted by Gasteiger charge is 2.27. The highest BCUT2D eigenvalue weighted by Crippen LogP contribution is 2.20. The van der Waals surface area contributed by atoms with Gasteiger partial charge >= 0.3 is 6.18 Å². The molecule has 106 valence electrons. The van der Waals surface area contributed by atoms with Crippen LogP contribution in [0.15, 0.2) is 24.5 Å². The standard InChI is InChI=1S/C13H18F3N3/c14-13(15,16)5-8-18-11-3-9-19(10-4-11)12-1-6-17-7-2-12/h1-2,6-7,11,18H,3-5,8-10H2. The summed E-state index contributed by atoms with van der Waals surface area (Å²) >= 11 is 0. The van der Waals surface area contributed by atoms with Gasteiger partial charge in [0, 0.05) is 43.8 Å². The molecule has 0 amide bonds. The molecule has 1 N–H and O–H groups in total. The molecule has 0 saturated carbocycles. The number of pyridine rings is 1. The quantitative estimate of drug-likeness (QED) is 0.914. The van der Waals surface area contributed by atoms with Crippen molar-refractivity contribution in [2.75, 3.05) is 24.5 Å². The van der Waals surface area contributed by atoms with Gasteiger partial charge in [0.2, 0.25) is 0 Å². The van der Waals surface area contributed by atoms with E-state index in [1.165, 1.54) is 0 Å². The third-order valence-electron chi connectivity index (χ3n) is 3.36. The molecule has 0 spiro atoms. The van der Waals surface area contributed by atoms with Crippen LogP contribution in [0.5, 0.6) is 0 Å². The maximum atomic E-state index is 12.0. The van der Waals surface area contributed by atoms with Gasteiger partial charge in [-0.1, -0.05) is 0 Å². The average Bonchev–Trinajstić information content (AvgIpc) is 2.39. The topological polar surface area (TPSA) is 28.2 Å². The van der Waals surface area contributed by atoms with Crippen LogP contribution in [-0.4, -0.2) is 36.8 Å². The average molecular weight is 273 g/mol. The van der Waals surface area contributed by atoms with Crippen molar-refractivity contribution in [3.63, 3.8) is 0 Å². The molecule has 1 aromatic heterocycles. The predicted molar refractivity (Wildman–Crippen MR) is 68.1 cm³/mol. The Morgan fingerprint density at radius 1 is 1.21 bits per heavy atom. The van der Waals surface area contributed by atoms with Crippen LogP contribution < -0.4 is 10.2 Å². The molecule has 6 heteroatoms. The maximum absolute atomic E-state index is 12.0. The van der Waals surface area contributed by atoms with Gasteiger partial charge in [-0.15, -0.1) is 0 Å². The lowest BCUT2D eigenvalue weighted by atomic mass is 10.0. The Labute approximate surface area is 110 Å². The van der Waals surface area contributed by atoms with E-state index >= 15 is 0 Å². The van der Waals surface area contributed by atoms with Gasteiger partial charge in [-0.2, -0.15) is 13.2 Å². The van der Waals surface area contributed by atoms with Crippen LogP contribution in [0.4, 0.5) is 18.9 Å². The van der Waals surface area contributed by atoms with E-state index in [1.807, 2.05) is 12.1 Å². The Morgan fingerprint density at radius 3 is 2.42 bits per heavy atom. The van der Waals surface area contributed by atoms with Crippen LogP contribution in [0.3, 0.4) is 0 Å². The normalized spacial score (nSPS) is 17.7. The van der Waals surface area contributed by atoms with Crippen LogP contribution in [0.1, 0.15) is 19.3 Å². The summed E-state index contributed by atoms with van der Waals surface area (Å²) in [6, 6.07) is 4.11. The number of alkyl halides is 3. The van der Waals surface area contributed by atoms with Gasteiger partial charge in [-0.05, 0) is 25.0 Å². The summed E-state index contributed by atoms with van der Waals surface area (Å²) in [6.07, 6.45) is 0.439. The minimum atomic E-state index is -4.06. The van der Waals surface area contributed by atoms with Gasteiger partial charge < -0.3 is 10.2 Å². The first-order chi connectivity index (χ1) is 9.04. The molecular weight excluding hydrogens is 255 g/mol. The SMILES string of the molecule is FC(F)(F)CCNC1CCN(c2ccncc2)CC1. The molecule has 0 atom stereocenters. The summed E-state index contributed by atoms with van der Waals surface area (Å²) in [5.41, 5.74) is 1.13. The monoisotopic (exact) mass is 273 g/mol. The Balaban J connectivity index is 1.71. The van der Waals surface area contributed by atoms with E-state index in [2.05, 4.69) is 15.2 Å². The van der Waals surface area contributed by atoms with Gasteiger partial charge in [0.1, 0.15) is 0 Å². The van der Waals surface area contributed by atoms with Crippen molar-refractivity contribution in [3.05, 3.63) is 24.5 Å². The van der Waals surface area contributed by atoms with Crippen LogP contribution in [0.25, 0.3) is 0 Å². The summed E-state index contributed by atoms with van der Waals surface area (Å²) in [6.45, 7) is 1.75. The van der Waals surface area contributed by atoms with E-state index in [4.69, 9.17) is 0 Å². The molecular formula is C13H18F3N3. The lowest BCUT2D eigenvalue weighted by Crippen LogP contribution is -2.43. The highest BCUT2D eigenvalue weighted by atomic mass is 19.4. The number of rotatable bonds is 4. The number of hydrogen-bond donors (Lipinski definition) is 1. The largest absolute Gasteiger partial charge is 0.390 e. The number of nitrogens with zero attached hydrogens (tertiary/aromatic N) is 2. The van der Waals surface area contributed by atoms with Gasteiger partial charge in [-0.25, -0.2) is 0 Å². The Bertz CT molecular complexity index is 372. The number of piperidine rings is 1. The zero-order valence-corrected chi connectivity index (χ0v) is 10.7. The fourth-order valence-electron chi connectivity index (χ4n) is 2.31. The molecule has 2 rings (SSSR count). The molecule has 0 aliphatic carbocycles. The van der Waals surface area contributed by atoms with Gasteiger partial charge in [0.05, 0.1) is 6.42 Å². The molecule has 1 aliphatic rings. The fourth-order valence-corrected chi connectivity index (χ4v) is 2.31. The molecule has 0 bridgehead atoms. The van der Waals surface area contributed by atoms with Crippen molar-refractivity contribution < 1.29 is 13.2 Å². The second kappa shape index (κ2) is 6.23. The minimum absolute atomic E-state index is 0.0173. The van der Waals surface area contributed by atoms with Crippen molar-refractivity contribution in [2.24, 2.45) is 0 Å². The summed E-state index contributed by atoms with van der Waals surface area (Å²) in [7, 11) is 0. The third-order valence-corrected chi connectivity index (χ3v) is 3.36. The first-order valence-electron chi connectivity index (χ1n) is 6.50. The molecule has 0 aromatic carbocycles. The lowest BCUT2D eigenvalue weighted by Gasteiger charge is -2.34. The Kier molecular flexibility index (Phi) is 4.63. The predicted octanol–water partition coefficient (Wildman–Crippen LogP) is 2.59. The fraction of sp³-hybridized carbons (Fsp3) is 0.615. The van der Waals surface area contributed by atoms with Crippen molar-refractivity contribution in [3.8, 4) is 0 Å². The molecule has 19 heavy (non-hydrogen) atoms. The first kappa shape index (κ1) is 14.1. The second-order valence-electron chi connectivity index (χ2n) is 4.79. The highest BCUT2D eigenvalue weighted by molar-refractivity contribution is 5.44. The van der Waals surface area contributed by atoms with E-state index in [0.717, 1.165) is 31.6 Å². The van der Waals surface area contributed by atoms with E-state index in [1.54, 1.807) is 12.4 Å².